The van der Waals surface area contributed by atoms with Crippen molar-refractivity contribution in [3.63, 3.8) is 0 Å². The lowest BCUT2D eigenvalue weighted by atomic mass is 10.1. The van der Waals surface area contributed by atoms with Crippen molar-refractivity contribution in [3.8, 4) is 0 Å². The van der Waals surface area contributed by atoms with Gasteiger partial charge >= 0.3 is 0 Å². The maximum absolute atomic E-state index is 13.2. The number of likely N-dealkylation sites (N-methyl/N-ethyl adjacent to an activating group) is 1. The number of carbonyl (C=O) groups excluding carboxylic acids is 1. The van der Waals surface area contributed by atoms with E-state index in [4.69, 9.17) is 5.11 Å². The summed E-state index contributed by atoms with van der Waals surface area (Å²) >= 11 is 0. The van der Waals surface area contributed by atoms with Gasteiger partial charge in [-0.15, -0.1) is 0 Å². The Hall–Kier alpha value is -1.46. The van der Waals surface area contributed by atoms with Crippen molar-refractivity contribution >= 4 is 5.91 Å². The van der Waals surface area contributed by atoms with Crippen molar-refractivity contribution in [2.45, 2.75) is 19.1 Å². The predicted octanol–water partition coefficient (Wildman–Crippen LogP) is 0.925. The number of nitrogens with zero attached hydrogens (tertiary/aromatic N) is 1. The molecule has 0 aliphatic heterocycles. The predicted molar refractivity (Wildman–Crippen MR) is 67.5 cm³/mol. The van der Waals surface area contributed by atoms with Crippen molar-refractivity contribution < 1.29 is 14.3 Å². The molecule has 0 heterocycles. The molecule has 18 heavy (non-hydrogen) atoms. The number of aliphatic hydroxyl groups is 1. The van der Waals surface area contributed by atoms with E-state index in [0.29, 0.717) is 6.54 Å². The molecular formula is C13H19FN2O2. The number of aliphatic hydroxyl groups excluding tert-OH is 1. The number of rotatable bonds is 5. The van der Waals surface area contributed by atoms with Gasteiger partial charge in [0, 0.05) is 6.54 Å². The van der Waals surface area contributed by atoms with Gasteiger partial charge in [-0.05, 0) is 38.7 Å². The summed E-state index contributed by atoms with van der Waals surface area (Å²) in [5, 5.41) is 11.7. The molecule has 1 rings (SSSR count). The zero-order valence-electron chi connectivity index (χ0n) is 10.9. The van der Waals surface area contributed by atoms with Gasteiger partial charge in [0.1, 0.15) is 11.9 Å². The van der Waals surface area contributed by atoms with E-state index in [2.05, 4.69) is 5.32 Å². The summed E-state index contributed by atoms with van der Waals surface area (Å²) in [5.74, 6) is -0.737. The molecule has 1 aromatic rings. The first-order valence-corrected chi connectivity index (χ1v) is 5.79. The largest absolute Gasteiger partial charge is 0.384 e. The van der Waals surface area contributed by atoms with Crippen LogP contribution >= 0.6 is 0 Å². The van der Waals surface area contributed by atoms with Crippen molar-refractivity contribution in [1.29, 1.82) is 0 Å². The molecule has 100 valence electrons. The molecule has 0 spiro atoms. The van der Waals surface area contributed by atoms with E-state index >= 15 is 0 Å². The van der Waals surface area contributed by atoms with Crippen LogP contribution in [0.1, 0.15) is 18.5 Å². The van der Waals surface area contributed by atoms with E-state index in [1.807, 2.05) is 25.1 Å². The monoisotopic (exact) mass is 254 g/mol. The Morgan fingerprint density at radius 3 is 2.67 bits per heavy atom. The first-order valence-electron chi connectivity index (χ1n) is 5.79. The van der Waals surface area contributed by atoms with Crippen molar-refractivity contribution in [2.24, 2.45) is 0 Å². The van der Waals surface area contributed by atoms with Crippen LogP contribution in [0.2, 0.25) is 0 Å². The Bertz CT molecular complexity index is 408. The normalized spacial score (nSPS) is 14.3. The molecule has 0 aliphatic carbocycles. The summed E-state index contributed by atoms with van der Waals surface area (Å²) in [5.41, 5.74) is 0.783. The fourth-order valence-electron chi connectivity index (χ4n) is 1.66. The van der Waals surface area contributed by atoms with Crippen LogP contribution in [-0.4, -0.2) is 42.7 Å². The van der Waals surface area contributed by atoms with E-state index < -0.39 is 12.0 Å². The lowest BCUT2D eigenvalue weighted by molar-refractivity contribution is -0.128. The van der Waals surface area contributed by atoms with Gasteiger partial charge in [-0.1, -0.05) is 12.1 Å². The highest BCUT2D eigenvalue weighted by molar-refractivity contribution is 5.79. The van der Waals surface area contributed by atoms with Gasteiger partial charge in [-0.25, -0.2) is 4.39 Å². The number of hydrogen-bond donors (Lipinski definition) is 2. The van der Waals surface area contributed by atoms with Gasteiger partial charge in [0.25, 0.3) is 0 Å². The van der Waals surface area contributed by atoms with E-state index in [1.165, 1.54) is 19.1 Å². The highest BCUT2D eigenvalue weighted by Gasteiger charge is 2.17. The minimum atomic E-state index is -1.04. The number of halogens is 1. The molecule has 0 saturated carbocycles. The minimum absolute atomic E-state index is 0.136. The van der Waals surface area contributed by atoms with Crippen LogP contribution in [0, 0.1) is 5.82 Å². The second kappa shape index (κ2) is 6.47. The zero-order valence-corrected chi connectivity index (χ0v) is 10.9. The van der Waals surface area contributed by atoms with E-state index in [0.717, 1.165) is 5.56 Å². The third-order valence-electron chi connectivity index (χ3n) is 2.71. The maximum Gasteiger partial charge on any atom is 0.248 e. The first kappa shape index (κ1) is 14.6. The van der Waals surface area contributed by atoms with Crippen LogP contribution in [0.15, 0.2) is 24.3 Å². The van der Waals surface area contributed by atoms with E-state index in [9.17, 15) is 9.18 Å². The number of benzene rings is 1. The van der Waals surface area contributed by atoms with Crippen molar-refractivity contribution in [2.75, 3.05) is 20.6 Å². The summed E-state index contributed by atoms with van der Waals surface area (Å²) < 4.78 is 13.2. The molecule has 0 saturated heterocycles. The molecule has 5 heteroatoms. The third-order valence-corrected chi connectivity index (χ3v) is 2.71. The first-order chi connectivity index (χ1) is 8.41. The van der Waals surface area contributed by atoms with Crippen molar-refractivity contribution in [3.05, 3.63) is 35.6 Å². The van der Waals surface area contributed by atoms with Crippen LogP contribution in [0.5, 0.6) is 0 Å². The van der Waals surface area contributed by atoms with Gasteiger partial charge in [-0.3, -0.25) is 4.79 Å². The average Bonchev–Trinajstić information content (AvgIpc) is 2.28. The van der Waals surface area contributed by atoms with Gasteiger partial charge in [0.15, 0.2) is 0 Å². The van der Waals surface area contributed by atoms with E-state index in [1.54, 1.807) is 6.07 Å². The smallest absolute Gasteiger partial charge is 0.248 e. The summed E-state index contributed by atoms with van der Waals surface area (Å²) in [4.78, 5) is 13.2. The third kappa shape index (κ3) is 4.09. The number of nitrogens with one attached hydrogen (secondary N) is 1. The Morgan fingerprint density at radius 2 is 2.17 bits per heavy atom. The number of hydrogen-bond acceptors (Lipinski definition) is 3. The van der Waals surface area contributed by atoms with Gasteiger partial charge in [0.05, 0.1) is 6.04 Å². The van der Waals surface area contributed by atoms with Crippen LogP contribution in [0.4, 0.5) is 4.39 Å². The lowest BCUT2D eigenvalue weighted by Crippen LogP contribution is -2.38. The topological polar surface area (TPSA) is 52.6 Å². The van der Waals surface area contributed by atoms with Gasteiger partial charge in [0.2, 0.25) is 5.91 Å². The Morgan fingerprint density at radius 1 is 1.50 bits per heavy atom. The van der Waals surface area contributed by atoms with Crippen LogP contribution in [0.3, 0.4) is 0 Å². The van der Waals surface area contributed by atoms with Crippen LogP contribution in [-0.2, 0) is 4.79 Å². The SMILES string of the molecule is CC(O)C(=O)NCC(c1cccc(F)c1)N(C)C. The molecule has 0 aliphatic rings. The molecule has 1 aromatic carbocycles. The second-order valence-electron chi connectivity index (χ2n) is 4.46. The van der Waals surface area contributed by atoms with Crippen LogP contribution < -0.4 is 5.32 Å². The molecule has 0 bridgehead atoms. The molecular weight excluding hydrogens is 235 g/mol. The standard InChI is InChI=1S/C13H19FN2O2/c1-9(17)13(18)15-8-12(16(2)3)10-5-4-6-11(14)7-10/h4-7,9,12,17H,8H2,1-3H3,(H,15,18). The molecule has 1 amide bonds. The fourth-order valence-corrected chi connectivity index (χ4v) is 1.66. The van der Waals surface area contributed by atoms with Gasteiger partial charge in [-0.2, -0.15) is 0 Å². The highest BCUT2D eigenvalue weighted by atomic mass is 19.1. The van der Waals surface area contributed by atoms with Crippen LogP contribution in [0.25, 0.3) is 0 Å². The summed E-state index contributed by atoms with van der Waals surface area (Å²) in [6.07, 6.45) is -1.04. The maximum atomic E-state index is 13.2. The second-order valence-corrected chi connectivity index (χ2v) is 4.46. The molecule has 0 aromatic heterocycles. The number of amides is 1. The summed E-state index contributed by atoms with van der Waals surface area (Å²) in [7, 11) is 3.70. The zero-order chi connectivity index (χ0) is 13.7. The molecule has 4 nitrogen and oxygen atoms in total. The highest BCUT2D eigenvalue weighted by Crippen LogP contribution is 2.18. The Labute approximate surface area is 106 Å². The van der Waals surface area contributed by atoms with E-state index in [-0.39, 0.29) is 11.9 Å². The quantitative estimate of drug-likeness (QED) is 0.821. The summed E-state index contributed by atoms with van der Waals surface area (Å²) in [6.45, 7) is 1.72. The van der Waals surface area contributed by atoms with Gasteiger partial charge < -0.3 is 15.3 Å². The molecule has 2 atom stereocenters. The average molecular weight is 254 g/mol. The molecule has 0 radical (unpaired) electrons. The minimum Gasteiger partial charge on any atom is -0.384 e. The molecule has 2 unspecified atom stereocenters. The number of carbonyl (C=O) groups is 1. The Kier molecular flexibility index (Phi) is 5.25. The lowest BCUT2D eigenvalue weighted by Gasteiger charge is -2.25. The van der Waals surface area contributed by atoms with Crippen molar-refractivity contribution in [1.82, 2.24) is 10.2 Å². The molecule has 2 N–H and O–H groups in total. The molecule has 0 fully saturated rings. The summed E-state index contributed by atoms with van der Waals surface area (Å²) in [6, 6.07) is 6.13. The Balaban J connectivity index is 2.75. The fraction of sp³-hybridized carbons (Fsp3) is 0.462.